The Morgan fingerprint density at radius 2 is 1.55 bits per heavy atom. The lowest BCUT2D eigenvalue weighted by Crippen LogP contribution is -2.14. The van der Waals surface area contributed by atoms with E-state index < -0.39 is 0 Å². The van der Waals surface area contributed by atoms with Gasteiger partial charge in [-0.25, -0.2) is 9.37 Å². The Hall–Kier alpha value is -3.44. The molecule has 1 aromatic heterocycles. The quantitative estimate of drug-likeness (QED) is 0.422. The zero-order valence-corrected chi connectivity index (χ0v) is 17.9. The van der Waals surface area contributed by atoms with Gasteiger partial charge >= 0.3 is 0 Å². The molecular weight excluding hydrogens is 391 g/mol. The molecule has 0 amide bonds. The standard InChI is InChI=1S/C26H25FN2O2/c1-17-4-9-25-20(10-17)13-21(26(29-25)19-5-7-22(27)8-6-19)16-28-15-18-11-23(30-2)14-24(12-18)31-3/h4-14,28H,15-16H2,1-3H3. The van der Waals surface area contributed by atoms with Crippen molar-refractivity contribution >= 4 is 10.9 Å². The maximum atomic E-state index is 13.5. The van der Waals surface area contributed by atoms with Crippen LogP contribution in [0.4, 0.5) is 4.39 Å². The SMILES string of the molecule is COc1cc(CNCc2cc3cc(C)ccc3nc2-c2ccc(F)cc2)cc(OC)c1. The number of nitrogens with one attached hydrogen (secondary N) is 1. The highest BCUT2D eigenvalue weighted by molar-refractivity contribution is 5.84. The zero-order valence-electron chi connectivity index (χ0n) is 17.9. The maximum Gasteiger partial charge on any atom is 0.123 e. The fraction of sp³-hybridized carbons (Fsp3) is 0.192. The predicted molar refractivity (Wildman–Crippen MR) is 122 cm³/mol. The van der Waals surface area contributed by atoms with E-state index in [0.29, 0.717) is 13.1 Å². The molecule has 0 spiro atoms. The largest absolute Gasteiger partial charge is 0.497 e. The Morgan fingerprint density at radius 1 is 0.839 bits per heavy atom. The highest BCUT2D eigenvalue weighted by Crippen LogP contribution is 2.27. The van der Waals surface area contributed by atoms with Crippen LogP contribution in [-0.4, -0.2) is 19.2 Å². The van der Waals surface area contributed by atoms with Gasteiger partial charge in [0.2, 0.25) is 0 Å². The first-order chi connectivity index (χ1) is 15.1. The van der Waals surface area contributed by atoms with Gasteiger partial charge in [-0.3, -0.25) is 0 Å². The third kappa shape index (κ3) is 4.84. The monoisotopic (exact) mass is 416 g/mol. The fourth-order valence-electron chi connectivity index (χ4n) is 3.64. The van der Waals surface area contributed by atoms with E-state index >= 15 is 0 Å². The van der Waals surface area contributed by atoms with E-state index in [2.05, 4.69) is 30.4 Å². The summed E-state index contributed by atoms with van der Waals surface area (Å²) in [6.45, 7) is 3.33. The van der Waals surface area contributed by atoms with Gasteiger partial charge in [-0.05, 0) is 72.6 Å². The minimum absolute atomic E-state index is 0.258. The lowest BCUT2D eigenvalue weighted by molar-refractivity contribution is 0.393. The van der Waals surface area contributed by atoms with Crippen molar-refractivity contribution in [2.45, 2.75) is 20.0 Å². The highest BCUT2D eigenvalue weighted by atomic mass is 19.1. The van der Waals surface area contributed by atoms with Crippen LogP contribution in [0.5, 0.6) is 11.5 Å². The summed E-state index contributed by atoms with van der Waals surface area (Å²) in [5, 5.41) is 4.58. The lowest BCUT2D eigenvalue weighted by atomic mass is 10.0. The summed E-state index contributed by atoms with van der Waals surface area (Å²) >= 11 is 0. The van der Waals surface area contributed by atoms with Crippen molar-refractivity contribution in [3.8, 4) is 22.8 Å². The molecule has 0 fully saturated rings. The first-order valence-electron chi connectivity index (χ1n) is 10.1. The molecule has 0 unspecified atom stereocenters. The van der Waals surface area contributed by atoms with Gasteiger partial charge in [-0.1, -0.05) is 11.6 Å². The molecule has 0 atom stereocenters. The first kappa shape index (κ1) is 20.8. The molecule has 1 N–H and O–H groups in total. The Kier molecular flexibility index (Phi) is 6.14. The number of benzene rings is 3. The van der Waals surface area contributed by atoms with Crippen LogP contribution in [-0.2, 0) is 13.1 Å². The van der Waals surface area contributed by atoms with Crippen LogP contribution in [0.2, 0.25) is 0 Å². The van der Waals surface area contributed by atoms with E-state index in [1.54, 1.807) is 26.4 Å². The molecular formula is C26H25FN2O2. The fourth-order valence-corrected chi connectivity index (χ4v) is 3.64. The lowest BCUT2D eigenvalue weighted by Gasteiger charge is -2.13. The Labute approximate surface area is 181 Å². The number of fused-ring (bicyclic) bond motifs is 1. The Bertz CT molecular complexity index is 1180. The molecule has 3 aromatic carbocycles. The first-order valence-corrected chi connectivity index (χ1v) is 10.1. The second-order valence-corrected chi connectivity index (χ2v) is 7.52. The average molecular weight is 416 g/mol. The molecule has 0 aliphatic rings. The second-order valence-electron chi connectivity index (χ2n) is 7.52. The van der Waals surface area contributed by atoms with Crippen LogP contribution in [0.1, 0.15) is 16.7 Å². The molecule has 4 nitrogen and oxygen atoms in total. The Balaban J connectivity index is 1.64. The number of methoxy groups -OCH3 is 2. The summed E-state index contributed by atoms with van der Waals surface area (Å²) < 4.78 is 24.2. The van der Waals surface area contributed by atoms with E-state index in [4.69, 9.17) is 14.5 Å². The van der Waals surface area contributed by atoms with Crippen LogP contribution in [0.25, 0.3) is 22.2 Å². The summed E-state index contributed by atoms with van der Waals surface area (Å²) in [4.78, 5) is 4.89. The average Bonchev–Trinajstić information content (AvgIpc) is 2.79. The molecule has 0 aliphatic carbocycles. The molecule has 1 heterocycles. The van der Waals surface area contributed by atoms with Crippen molar-refractivity contribution in [2.75, 3.05) is 14.2 Å². The molecule has 4 aromatic rings. The number of rotatable bonds is 7. The van der Waals surface area contributed by atoms with E-state index in [1.807, 2.05) is 24.3 Å². The number of aromatic nitrogens is 1. The predicted octanol–water partition coefficient (Wildman–Crippen LogP) is 5.66. The number of aryl methyl sites for hydroxylation is 1. The summed E-state index contributed by atoms with van der Waals surface area (Å²) in [5.74, 6) is 1.25. The van der Waals surface area contributed by atoms with Crippen LogP contribution in [0, 0.1) is 12.7 Å². The van der Waals surface area contributed by atoms with Crippen molar-refractivity contribution in [2.24, 2.45) is 0 Å². The summed E-state index contributed by atoms with van der Waals surface area (Å²) in [7, 11) is 3.29. The van der Waals surface area contributed by atoms with Crippen molar-refractivity contribution in [3.63, 3.8) is 0 Å². The van der Waals surface area contributed by atoms with Crippen LogP contribution >= 0.6 is 0 Å². The van der Waals surface area contributed by atoms with Gasteiger partial charge in [0, 0.05) is 30.1 Å². The van der Waals surface area contributed by atoms with Crippen LogP contribution in [0.15, 0.2) is 66.7 Å². The number of hydrogen-bond acceptors (Lipinski definition) is 4. The third-order valence-electron chi connectivity index (χ3n) is 5.22. The number of ether oxygens (including phenoxy) is 2. The van der Waals surface area contributed by atoms with Gasteiger partial charge in [0.05, 0.1) is 25.4 Å². The van der Waals surface area contributed by atoms with E-state index in [0.717, 1.165) is 44.8 Å². The molecule has 31 heavy (non-hydrogen) atoms. The summed E-state index contributed by atoms with van der Waals surface area (Å²) in [6.07, 6.45) is 0. The normalized spacial score (nSPS) is 11.0. The summed E-state index contributed by atoms with van der Waals surface area (Å²) in [6, 6.07) is 20.7. The van der Waals surface area contributed by atoms with Gasteiger partial charge < -0.3 is 14.8 Å². The van der Waals surface area contributed by atoms with Crippen LogP contribution in [0.3, 0.4) is 0 Å². The van der Waals surface area contributed by atoms with Crippen molar-refractivity contribution < 1.29 is 13.9 Å². The van der Waals surface area contributed by atoms with Gasteiger partial charge in [0.25, 0.3) is 0 Å². The van der Waals surface area contributed by atoms with Crippen molar-refractivity contribution in [1.29, 1.82) is 0 Å². The second kappa shape index (κ2) is 9.14. The minimum atomic E-state index is -0.258. The molecule has 0 aliphatic heterocycles. The molecule has 4 rings (SSSR count). The van der Waals surface area contributed by atoms with Crippen molar-refractivity contribution in [3.05, 3.63) is 89.2 Å². The van der Waals surface area contributed by atoms with E-state index in [-0.39, 0.29) is 5.82 Å². The van der Waals surface area contributed by atoms with E-state index in [9.17, 15) is 4.39 Å². The van der Waals surface area contributed by atoms with Gasteiger partial charge in [0.15, 0.2) is 0 Å². The van der Waals surface area contributed by atoms with Crippen molar-refractivity contribution in [1.82, 2.24) is 10.3 Å². The third-order valence-corrected chi connectivity index (χ3v) is 5.22. The molecule has 0 bridgehead atoms. The van der Waals surface area contributed by atoms with E-state index in [1.165, 1.54) is 17.7 Å². The molecule has 0 saturated carbocycles. The topological polar surface area (TPSA) is 43.4 Å². The smallest absolute Gasteiger partial charge is 0.123 e. The zero-order chi connectivity index (χ0) is 21.8. The Morgan fingerprint density at radius 3 is 2.23 bits per heavy atom. The molecule has 0 saturated heterocycles. The molecule has 158 valence electrons. The maximum absolute atomic E-state index is 13.5. The van der Waals surface area contributed by atoms with Gasteiger partial charge in [-0.15, -0.1) is 0 Å². The molecule has 0 radical (unpaired) electrons. The summed E-state index contributed by atoms with van der Waals surface area (Å²) in [5.41, 5.74) is 5.97. The van der Waals surface area contributed by atoms with Crippen LogP contribution < -0.4 is 14.8 Å². The number of halogens is 1. The highest BCUT2D eigenvalue weighted by Gasteiger charge is 2.11. The molecule has 5 heteroatoms. The number of hydrogen-bond donors (Lipinski definition) is 1. The van der Waals surface area contributed by atoms with Gasteiger partial charge in [-0.2, -0.15) is 0 Å². The number of pyridine rings is 1. The minimum Gasteiger partial charge on any atom is -0.497 e. The number of nitrogens with zero attached hydrogens (tertiary/aromatic N) is 1. The van der Waals surface area contributed by atoms with Gasteiger partial charge in [0.1, 0.15) is 17.3 Å².